The Hall–Kier alpha value is -3.55. The number of hydrazone groups is 1. The summed E-state index contributed by atoms with van der Waals surface area (Å²) >= 11 is 0. The van der Waals surface area contributed by atoms with Crippen molar-refractivity contribution in [2.75, 3.05) is 0 Å². The van der Waals surface area contributed by atoms with Crippen molar-refractivity contribution in [3.8, 4) is 0 Å². The lowest BCUT2D eigenvalue weighted by Crippen LogP contribution is -2.58. The van der Waals surface area contributed by atoms with Gasteiger partial charge in [0.15, 0.2) is 5.78 Å². The average molecular weight is 479 g/mol. The minimum Gasteiger partial charge on any atom is -0.422 e. The third-order valence-corrected chi connectivity index (χ3v) is 7.00. The number of fused-ring (bicyclic) bond motifs is 4. The monoisotopic (exact) mass is 478 g/mol. The lowest BCUT2D eigenvalue weighted by molar-refractivity contribution is -0.254. The predicted molar refractivity (Wildman–Crippen MR) is 125 cm³/mol. The second kappa shape index (κ2) is 7.47. The fraction of sp³-hybridized carbons (Fsp3) is 0.407. The maximum atomic E-state index is 14.0. The van der Waals surface area contributed by atoms with E-state index in [9.17, 15) is 18.8 Å². The van der Waals surface area contributed by atoms with Gasteiger partial charge in [-0.1, -0.05) is 57.2 Å². The summed E-state index contributed by atoms with van der Waals surface area (Å²) in [5, 5.41) is 6.14. The van der Waals surface area contributed by atoms with Crippen LogP contribution in [-0.2, 0) is 23.9 Å². The highest BCUT2D eigenvalue weighted by atomic mass is 19.1. The van der Waals surface area contributed by atoms with E-state index in [-0.39, 0.29) is 5.78 Å². The van der Waals surface area contributed by atoms with Gasteiger partial charge >= 0.3 is 11.9 Å². The fourth-order valence-electron chi connectivity index (χ4n) is 5.50. The Labute approximate surface area is 202 Å². The van der Waals surface area contributed by atoms with Gasteiger partial charge in [0.2, 0.25) is 5.41 Å². The standard InChI is InChI=1S/C27H27FN2O5/c1-25(2,3)22(31)20-19(15-10-12-17(28)13-11-15)27(23(32)34-26(4,5)35-24(27)33)21-18-9-7-6-8-16(18)14-29-30(20)21/h6-14,19-21H,1-5H3/t19-,20-,21+/m1/s1. The maximum absolute atomic E-state index is 14.0. The van der Waals surface area contributed by atoms with Gasteiger partial charge in [0.1, 0.15) is 17.9 Å². The number of benzene rings is 2. The SMILES string of the molecule is CC1(C)OC(=O)C2(C(=O)O1)[C@H](c1ccc(F)cc1)[C@H](C(=O)C(C)(C)C)N1N=Cc3ccccc3[C@H]12. The molecule has 182 valence electrons. The molecule has 0 saturated carbocycles. The van der Waals surface area contributed by atoms with Crippen molar-refractivity contribution in [2.45, 2.75) is 58.4 Å². The van der Waals surface area contributed by atoms with Crippen molar-refractivity contribution < 1.29 is 28.2 Å². The van der Waals surface area contributed by atoms with Crippen LogP contribution >= 0.6 is 0 Å². The molecular weight excluding hydrogens is 451 g/mol. The van der Waals surface area contributed by atoms with E-state index >= 15 is 0 Å². The van der Waals surface area contributed by atoms with Crippen LogP contribution in [0.2, 0.25) is 0 Å². The molecule has 3 aliphatic rings. The number of cyclic esters (lactones) is 2. The minimum atomic E-state index is -1.94. The first-order valence-electron chi connectivity index (χ1n) is 11.6. The quantitative estimate of drug-likeness (QED) is 0.477. The molecule has 2 saturated heterocycles. The van der Waals surface area contributed by atoms with E-state index in [1.807, 2.05) is 18.2 Å². The highest BCUT2D eigenvalue weighted by molar-refractivity contribution is 6.07. The Kier molecular flexibility index (Phi) is 4.95. The average Bonchev–Trinajstić information content (AvgIpc) is 3.09. The third-order valence-electron chi connectivity index (χ3n) is 7.00. The molecule has 0 unspecified atom stereocenters. The van der Waals surface area contributed by atoms with Gasteiger partial charge in [-0.05, 0) is 28.8 Å². The highest BCUT2D eigenvalue weighted by Crippen LogP contribution is 2.63. The molecule has 0 amide bonds. The molecule has 5 rings (SSSR count). The number of esters is 2. The minimum absolute atomic E-state index is 0.212. The van der Waals surface area contributed by atoms with E-state index in [0.717, 1.165) is 5.56 Å². The van der Waals surface area contributed by atoms with Crippen LogP contribution in [0.25, 0.3) is 0 Å². The molecule has 35 heavy (non-hydrogen) atoms. The van der Waals surface area contributed by atoms with E-state index in [1.165, 1.54) is 38.1 Å². The molecular formula is C27H27FN2O5. The molecule has 2 aromatic rings. The molecule has 1 spiro atoms. The molecule has 2 fully saturated rings. The highest BCUT2D eigenvalue weighted by Gasteiger charge is 2.75. The fourth-order valence-corrected chi connectivity index (χ4v) is 5.50. The number of hydrogen-bond acceptors (Lipinski definition) is 7. The first kappa shape index (κ1) is 23.2. The van der Waals surface area contributed by atoms with Gasteiger partial charge in [0.25, 0.3) is 5.79 Å². The van der Waals surface area contributed by atoms with Gasteiger partial charge < -0.3 is 9.47 Å². The number of hydrogen-bond donors (Lipinski definition) is 0. The molecule has 3 aliphatic heterocycles. The van der Waals surface area contributed by atoms with Gasteiger partial charge in [-0.2, -0.15) is 5.10 Å². The molecule has 7 nitrogen and oxygen atoms in total. The van der Waals surface area contributed by atoms with Crippen LogP contribution in [0.4, 0.5) is 4.39 Å². The predicted octanol–water partition coefficient (Wildman–Crippen LogP) is 4.12. The summed E-state index contributed by atoms with van der Waals surface area (Å²) in [6.07, 6.45) is 1.62. The van der Waals surface area contributed by atoms with Crippen molar-refractivity contribution in [3.63, 3.8) is 0 Å². The number of Topliss-reactive ketones (excluding diaryl/α,β-unsaturated/α-hetero) is 1. The van der Waals surface area contributed by atoms with Crippen molar-refractivity contribution >= 4 is 23.9 Å². The van der Waals surface area contributed by atoms with Gasteiger partial charge in [0, 0.05) is 25.2 Å². The molecule has 0 radical (unpaired) electrons. The summed E-state index contributed by atoms with van der Waals surface area (Å²) in [5.41, 5.74) is -0.933. The first-order chi connectivity index (χ1) is 16.4. The van der Waals surface area contributed by atoms with Crippen LogP contribution in [0.3, 0.4) is 0 Å². The number of rotatable bonds is 2. The van der Waals surface area contributed by atoms with Crippen molar-refractivity contribution in [2.24, 2.45) is 15.9 Å². The van der Waals surface area contributed by atoms with Gasteiger partial charge in [-0.15, -0.1) is 0 Å². The zero-order chi connectivity index (χ0) is 25.3. The molecule has 0 aliphatic carbocycles. The van der Waals surface area contributed by atoms with E-state index in [0.29, 0.717) is 11.1 Å². The first-order valence-corrected chi connectivity index (χ1v) is 11.6. The topological polar surface area (TPSA) is 85.3 Å². The smallest absolute Gasteiger partial charge is 0.330 e. The van der Waals surface area contributed by atoms with Gasteiger partial charge in [-0.3, -0.25) is 19.4 Å². The van der Waals surface area contributed by atoms with E-state index < -0.39 is 52.4 Å². The zero-order valence-electron chi connectivity index (χ0n) is 20.2. The molecule has 2 aromatic carbocycles. The maximum Gasteiger partial charge on any atom is 0.330 e. The van der Waals surface area contributed by atoms with E-state index in [2.05, 4.69) is 5.10 Å². The largest absolute Gasteiger partial charge is 0.422 e. The Morgan fingerprint density at radius 2 is 1.60 bits per heavy atom. The number of nitrogens with zero attached hydrogens (tertiary/aromatic N) is 2. The summed E-state index contributed by atoms with van der Waals surface area (Å²) in [5.74, 6) is -4.77. The van der Waals surface area contributed by atoms with Crippen LogP contribution in [0.15, 0.2) is 53.6 Å². The summed E-state index contributed by atoms with van der Waals surface area (Å²) in [4.78, 5) is 41.9. The molecule has 0 N–H and O–H groups in total. The van der Waals surface area contributed by atoms with Crippen LogP contribution in [0.1, 0.15) is 63.3 Å². The summed E-state index contributed by atoms with van der Waals surface area (Å²) < 4.78 is 25.3. The molecule has 8 heteroatoms. The molecule has 0 bridgehead atoms. The second-order valence-corrected chi connectivity index (χ2v) is 10.8. The number of carbonyl (C=O) groups is 3. The van der Waals surface area contributed by atoms with Gasteiger partial charge in [0.05, 0.1) is 6.21 Å². The van der Waals surface area contributed by atoms with Crippen LogP contribution in [-0.4, -0.2) is 40.8 Å². The number of ketones is 1. The molecule has 3 atom stereocenters. The Balaban J connectivity index is 1.85. The Morgan fingerprint density at radius 3 is 2.20 bits per heavy atom. The Morgan fingerprint density at radius 1 is 1.00 bits per heavy atom. The van der Waals surface area contributed by atoms with Crippen molar-refractivity contribution in [1.82, 2.24) is 5.01 Å². The van der Waals surface area contributed by atoms with Crippen LogP contribution in [0, 0.1) is 16.6 Å². The second-order valence-electron chi connectivity index (χ2n) is 10.8. The molecule has 3 heterocycles. The number of ether oxygens (including phenoxy) is 2. The summed E-state index contributed by atoms with van der Waals surface area (Å²) in [7, 11) is 0. The number of halogens is 1. The van der Waals surface area contributed by atoms with Gasteiger partial charge in [-0.25, -0.2) is 4.39 Å². The van der Waals surface area contributed by atoms with E-state index in [1.54, 1.807) is 38.1 Å². The van der Waals surface area contributed by atoms with Crippen molar-refractivity contribution in [3.05, 3.63) is 71.0 Å². The summed E-state index contributed by atoms with van der Waals surface area (Å²) in [6.45, 7) is 8.30. The van der Waals surface area contributed by atoms with E-state index in [4.69, 9.17) is 9.47 Å². The lowest BCUT2D eigenvalue weighted by atomic mass is 9.64. The third kappa shape index (κ3) is 3.30. The molecule has 0 aromatic heterocycles. The number of carbonyl (C=O) groups excluding carboxylic acids is 3. The normalized spacial score (nSPS) is 26.1. The lowest BCUT2D eigenvalue weighted by Gasteiger charge is -2.44. The van der Waals surface area contributed by atoms with Crippen LogP contribution in [0.5, 0.6) is 0 Å². The Bertz CT molecular complexity index is 1240. The van der Waals surface area contributed by atoms with Crippen molar-refractivity contribution in [1.29, 1.82) is 0 Å². The summed E-state index contributed by atoms with van der Waals surface area (Å²) in [6, 6.07) is 10.8. The van der Waals surface area contributed by atoms with Crippen LogP contribution < -0.4 is 0 Å². The zero-order valence-corrected chi connectivity index (χ0v) is 20.2.